The maximum atomic E-state index is 12.8. The van der Waals surface area contributed by atoms with Crippen LogP contribution in [0.3, 0.4) is 0 Å². The number of ether oxygens (including phenoxy) is 1. The topological polar surface area (TPSA) is 76.1 Å². The van der Waals surface area contributed by atoms with Gasteiger partial charge in [-0.1, -0.05) is 23.7 Å². The average molecular weight is 451 g/mol. The van der Waals surface area contributed by atoms with Crippen molar-refractivity contribution in [2.75, 3.05) is 5.32 Å². The van der Waals surface area contributed by atoms with Crippen LogP contribution < -0.4 is 15.4 Å². The molecule has 3 aromatic rings. The number of hydrogen-bond donors (Lipinski definition) is 2. The molecule has 0 aliphatic carbocycles. The number of pyridine rings is 2. The van der Waals surface area contributed by atoms with Gasteiger partial charge in [0.25, 0.3) is 0 Å². The first-order valence-corrected chi connectivity index (χ1v) is 9.47. The van der Waals surface area contributed by atoms with Gasteiger partial charge in [-0.3, -0.25) is 4.98 Å². The van der Waals surface area contributed by atoms with Crippen LogP contribution in [0.2, 0.25) is 5.15 Å². The molecule has 31 heavy (non-hydrogen) atoms. The number of nitrogens with zero attached hydrogens (tertiary/aromatic N) is 2. The number of hydrogen-bond acceptors (Lipinski definition) is 4. The number of nitrogens with one attached hydrogen (secondary N) is 2. The molecule has 0 spiro atoms. The largest absolute Gasteiger partial charge is 0.457 e. The third kappa shape index (κ3) is 6.08. The lowest BCUT2D eigenvalue weighted by atomic mass is 10.1. The summed E-state index contributed by atoms with van der Waals surface area (Å²) in [4.78, 5) is 19.7. The van der Waals surface area contributed by atoms with Crippen LogP contribution >= 0.6 is 11.6 Å². The minimum Gasteiger partial charge on any atom is -0.457 e. The van der Waals surface area contributed by atoms with Gasteiger partial charge in [-0.25, -0.2) is 9.78 Å². The number of anilines is 1. The van der Waals surface area contributed by atoms with E-state index in [1.54, 1.807) is 24.4 Å². The van der Waals surface area contributed by atoms with Crippen molar-refractivity contribution in [2.24, 2.45) is 0 Å². The van der Waals surface area contributed by atoms with Gasteiger partial charge >= 0.3 is 12.2 Å². The van der Waals surface area contributed by atoms with E-state index >= 15 is 0 Å². The fourth-order valence-corrected chi connectivity index (χ4v) is 2.84. The van der Waals surface area contributed by atoms with Crippen LogP contribution in [0.1, 0.15) is 22.4 Å². The average Bonchev–Trinajstić information content (AvgIpc) is 2.69. The lowest BCUT2D eigenvalue weighted by Gasteiger charge is -2.13. The first-order chi connectivity index (χ1) is 14.6. The molecule has 0 atom stereocenters. The quantitative estimate of drug-likeness (QED) is 0.476. The summed E-state index contributed by atoms with van der Waals surface area (Å²) >= 11 is 5.78. The molecule has 2 aromatic heterocycles. The Morgan fingerprint density at radius 3 is 2.58 bits per heavy atom. The summed E-state index contributed by atoms with van der Waals surface area (Å²) in [6.45, 7) is 3.87. The molecule has 6 nitrogen and oxygen atoms in total. The Labute approximate surface area is 181 Å². The first kappa shape index (κ1) is 22.4. The van der Waals surface area contributed by atoms with Crippen molar-refractivity contribution < 1.29 is 22.7 Å². The van der Waals surface area contributed by atoms with Gasteiger partial charge in [0.05, 0.1) is 11.3 Å². The molecule has 3 rings (SSSR count). The molecule has 2 heterocycles. The van der Waals surface area contributed by atoms with E-state index < -0.39 is 17.8 Å². The van der Waals surface area contributed by atoms with Crippen LogP contribution in [0.15, 0.2) is 48.8 Å². The van der Waals surface area contributed by atoms with Crippen molar-refractivity contribution in [1.82, 2.24) is 15.3 Å². The SMILES string of the molecule is Cc1cc(Oc2ccc(CNC(=O)Nc3cc(C(F)(F)F)cnc3Cl)cc2C)ccn1. The van der Waals surface area contributed by atoms with E-state index in [1.807, 2.05) is 26.0 Å². The highest BCUT2D eigenvalue weighted by atomic mass is 35.5. The molecule has 162 valence electrons. The maximum absolute atomic E-state index is 12.8. The van der Waals surface area contributed by atoms with Crippen LogP contribution in [0.25, 0.3) is 0 Å². The van der Waals surface area contributed by atoms with Crippen LogP contribution in [0.5, 0.6) is 11.5 Å². The number of carbonyl (C=O) groups is 1. The van der Waals surface area contributed by atoms with Crippen molar-refractivity contribution in [2.45, 2.75) is 26.6 Å². The van der Waals surface area contributed by atoms with Crippen LogP contribution in [0, 0.1) is 13.8 Å². The molecule has 0 unspecified atom stereocenters. The predicted octanol–water partition coefficient (Wildman–Crippen LogP) is 5.88. The molecule has 2 amide bonds. The summed E-state index contributed by atoms with van der Waals surface area (Å²) in [7, 11) is 0. The van der Waals surface area contributed by atoms with Crippen molar-refractivity contribution in [1.29, 1.82) is 0 Å². The third-order valence-corrected chi connectivity index (χ3v) is 4.50. The molecule has 0 saturated carbocycles. The number of amides is 2. The van der Waals surface area contributed by atoms with Gasteiger partial charge in [-0.15, -0.1) is 0 Å². The number of alkyl halides is 3. The highest BCUT2D eigenvalue weighted by Gasteiger charge is 2.31. The zero-order valence-corrected chi connectivity index (χ0v) is 17.3. The molecular weight excluding hydrogens is 433 g/mol. The molecule has 0 saturated heterocycles. The lowest BCUT2D eigenvalue weighted by Crippen LogP contribution is -2.28. The predicted molar refractivity (Wildman–Crippen MR) is 110 cm³/mol. The van der Waals surface area contributed by atoms with Crippen LogP contribution in [-0.4, -0.2) is 16.0 Å². The standard InChI is InChI=1S/C21H18ClF3N4O2/c1-12-7-14(3-4-18(12)31-16-5-6-26-13(2)8-16)10-28-20(30)29-17-9-15(21(23,24)25)11-27-19(17)22/h3-9,11H,10H2,1-2H3,(H2,28,29,30). The van der Waals surface area contributed by atoms with E-state index in [1.165, 1.54) is 0 Å². The van der Waals surface area contributed by atoms with E-state index in [4.69, 9.17) is 16.3 Å². The molecule has 0 fully saturated rings. The van der Waals surface area contributed by atoms with Crippen molar-refractivity contribution in [3.63, 3.8) is 0 Å². The van der Waals surface area contributed by atoms with Crippen molar-refractivity contribution >= 4 is 23.3 Å². The highest BCUT2D eigenvalue weighted by molar-refractivity contribution is 6.32. The first-order valence-electron chi connectivity index (χ1n) is 9.09. The van der Waals surface area contributed by atoms with E-state index in [-0.39, 0.29) is 17.4 Å². The Hall–Kier alpha value is -3.33. The number of aromatic nitrogens is 2. The zero-order valence-electron chi connectivity index (χ0n) is 16.5. The second-order valence-electron chi connectivity index (χ2n) is 6.70. The fourth-order valence-electron chi connectivity index (χ4n) is 2.69. The van der Waals surface area contributed by atoms with Crippen molar-refractivity contribution in [3.8, 4) is 11.5 Å². The van der Waals surface area contributed by atoms with Crippen LogP contribution in [-0.2, 0) is 12.7 Å². The van der Waals surface area contributed by atoms with Gasteiger partial charge in [0.15, 0.2) is 5.15 Å². The summed E-state index contributed by atoms with van der Waals surface area (Å²) < 4.78 is 44.3. The van der Waals surface area contributed by atoms with E-state index in [2.05, 4.69) is 20.6 Å². The zero-order chi connectivity index (χ0) is 22.6. The number of benzene rings is 1. The number of halogens is 4. The molecule has 0 aliphatic heterocycles. The lowest BCUT2D eigenvalue weighted by molar-refractivity contribution is -0.137. The Morgan fingerprint density at radius 1 is 1.13 bits per heavy atom. The fraction of sp³-hybridized carbons (Fsp3) is 0.190. The minimum atomic E-state index is -4.60. The summed E-state index contributed by atoms with van der Waals surface area (Å²) in [6.07, 6.45) is -2.34. The maximum Gasteiger partial charge on any atom is 0.417 e. The van der Waals surface area contributed by atoms with Gasteiger partial charge in [0.1, 0.15) is 11.5 Å². The Bertz CT molecular complexity index is 1110. The number of aryl methyl sites for hydroxylation is 2. The Kier molecular flexibility index (Phi) is 6.65. The number of rotatable bonds is 5. The minimum absolute atomic E-state index is 0.144. The van der Waals surface area contributed by atoms with E-state index in [9.17, 15) is 18.0 Å². The monoisotopic (exact) mass is 450 g/mol. The Balaban J connectivity index is 1.61. The molecule has 2 N–H and O–H groups in total. The van der Waals surface area contributed by atoms with Gasteiger partial charge in [0, 0.05) is 30.7 Å². The van der Waals surface area contributed by atoms with Crippen molar-refractivity contribution in [3.05, 3.63) is 76.3 Å². The molecule has 1 aromatic carbocycles. The second-order valence-corrected chi connectivity index (χ2v) is 7.06. The number of carbonyl (C=O) groups excluding carboxylic acids is 1. The molecule has 0 radical (unpaired) electrons. The summed E-state index contributed by atoms with van der Waals surface area (Å²) in [6, 6.07) is 8.96. The van der Waals surface area contributed by atoms with Gasteiger partial charge < -0.3 is 15.4 Å². The van der Waals surface area contributed by atoms with Crippen LogP contribution in [0.4, 0.5) is 23.7 Å². The normalized spacial score (nSPS) is 11.2. The molecule has 0 aliphatic rings. The van der Waals surface area contributed by atoms with E-state index in [0.29, 0.717) is 17.7 Å². The summed E-state index contributed by atoms with van der Waals surface area (Å²) in [5.74, 6) is 1.31. The van der Waals surface area contributed by atoms with Gasteiger partial charge in [-0.2, -0.15) is 13.2 Å². The number of urea groups is 1. The van der Waals surface area contributed by atoms with E-state index in [0.717, 1.165) is 22.9 Å². The Morgan fingerprint density at radius 2 is 1.90 bits per heavy atom. The van der Waals surface area contributed by atoms with Gasteiger partial charge in [0.2, 0.25) is 0 Å². The summed E-state index contributed by atoms with van der Waals surface area (Å²) in [5.41, 5.74) is 1.21. The summed E-state index contributed by atoms with van der Waals surface area (Å²) in [5, 5.41) is 4.61. The molecule has 0 bridgehead atoms. The third-order valence-electron chi connectivity index (χ3n) is 4.20. The van der Waals surface area contributed by atoms with Gasteiger partial charge in [-0.05, 0) is 43.2 Å². The smallest absolute Gasteiger partial charge is 0.417 e. The highest BCUT2D eigenvalue weighted by Crippen LogP contribution is 2.32. The molecule has 10 heteroatoms. The molecular formula is C21H18ClF3N4O2. The second kappa shape index (κ2) is 9.22.